The second-order valence-electron chi connectivity index (χ2n) is 5.59. The third-order valence-corrected chi connectivity index (χ3v) is 4.04. The fourth-order valence-electron chi connectivity index (χ4n) is 2.55. The topological polar surface area (TPSA) is 46.6 Å². The number of ketones is 1. The zero-order valence-electron chi connectivity index (χ0n) is 12.9. The van der Waals surface area contributed by atoms with Crippen molar-refractivity contribution in [2.75, 3.05) is 11.4 Å². The van der Waals surface area contributed by atoms with Crippen LogP contribution in [0.4, 0.5) is 5.69 Å². The second kappa shape index (κ2) is 6.05. The van der Waals surface area contributed by atoms with Gasteiger partial charge in [0, 0.05) is 10.6 Å². The zero-order valence-corrected chi connectivity index (χ0v) is 13.6. The third kappa shape index (κ3) is 3.08. The van der Waals surface area contributed by atoms with Crippen molar-refractivity contribution in [2.24, 2.45) is 0 Å². The highest BCUT2D eigenvalue weighted by Crippen LogP contribution is 2.34. The number of benzene rings is 2. The minimum atomic E-state index is -0.608. The van der Waals surface area contributed by atoms with Gasteiger partial charge in [-0.2, -0.15) is 0 Å². The Kier molecular flexibility index (Phi) is 4.09. The number of Topliss-reactive ketones (excluding diaryl/α,β-unsaturated/α-hetero) is 1. The lowest BCUT2D eigenvalue weighted by molar-refractivity contribution is -0.125. The molecule has 3 rings (SSSR count). The van der Waals surface area contributed by atoms with Gasteiger partial charge in [0.05, 0.1) is 12.2 Å². The van der Waals surface area contributed by atoms with E-state index in [1.807, 2.05) is 25.1 Å². The number of aryl methyl sites for hydroxylation is 1. The van der Waals surface area contributed by atoms with E-state index < -0.39 is 6.10 Å². The predicted molar refractivity (Wildman–Crippen MR) is 89.4 cm³/mol. The van der Waals surface area contributed by atoms with Gasteiger partial charge in [0.2, 0.25) is 0 Å². The Bertz CT molecular complexity index is 770. The predicted octanol–water partition coefficient (Wildman–Crippen LogP) is 3.65. The normalized spacial score (nSPS) is 16.7. The number of halogens is 1. The molecule has 1 amide bonds. The van der Waals surface area contributed by atoms with E-state index in [2.05, 4.69) is 0 Å². The lowest BCUT2D eigenvalue weighted by Gasteiger charge is -2.32. The first-order valence-corrected chi connectivity index (χ1v) is 7.71. The molecule has 0 aromatic heterocycles. The highest BCUT2D eigenvalue weighted by molar-refractivity contribution is 6.30. The standard InChI is InChI=1S/C18H16ClNO3/c1-11-3-8-17-15(9-11)20(18(22)12(2)23-17)10-16(21)13-4-6-14(19)7-5-13/h3-9,12H,10H2,1-2H3/t12-/m1/s1. The Morgan fingerprint density at radius 1 is 1.22 bits per heavy atom. The molecule has 4 nitrogen and oxygen atoms in total. The summed E-state index contributed by atoms with van der Waals surface area (Å²) in [7, 11) is 0. The summed E-state index contributed by atoms with van der Waals surface area (Å²) in [5.74, 6) is 0.258. The Morgan fingerprint density at radius 3 is 2.61 bits per heavy atom. The SMILES string of the molecule is Cc1ccc2c(c1)N(CC(=O)c1ccc(Cl)cc1)C(=O)[C@@H](C)O2. The molecule has 1 heterocycles. The fraction of sp³-hybridized carbons (Fsp3) is 0.222. The highest BCUT2D eigenvalue weighted by atomic mass is 35.5. The van der Waals surface area contributed by atoms with Gasteiger partial charge >= 0.3 is 0 Å². The molecule has 23 heavy (non-hydrogen) atoms. The van der Waals surface area contributed by atoms with Crippen LogP contribution in [0.15, 0.2) is 42.5 Å². The van der Waals surface area contributed by atoms with Gasteiger partial charge in [0.15, 0.2) is 11.9 Å². The number of fused-ring (bicyclic) bond motifs is 1. The lowest BCUT2D eigenvalue weighted by atomic mass is 10.1. The molecule has 0 saturated carbocycles. The molecule has 0 fully saturated rings. The number of ether oxygens (including phenoxy) is 1. The summed E-state index contributed by atoms with van der Waals surface area (Å²) in [4.78, 5) is 26.4. The number of nitrogens with zero attached hydrogens (tertiary/aromatic N) is 1. The number of carbonyl (C=O) groups excluding carboxylic acids is 2. The van der Waals surface area contributed by atoms with E-state index in [4.69, 9.17) is 16.3 Å². The van der Waals surface area contributed by atoms with Crippen molar-refractivity contribution in [2.45, 2.75) is 20.0 Å². The molecule has 0 aliphatic carbocycles. The van der Waals surface area contributed by atoms with Crippen LogP contribution < -0.4 is 9.64 Å². The average molecular weight is 330 g/mol. The lowest BCUT2D eigenvalue weighted by Crippen LogP contribution is -2.46. The van der Waals surface area contributed by atoms with E-state index >= 15 is 0 Å². The van der Waals surface area contributed by atoms with E-state index in [9.17, 15) is 9.59 Å². The van der Waals surface area contributed by atoms with Crippen molar-refractivity contribution < 1.29 is 14.3 Å². The first-order chi connectivity index (χ1) is 11.0. The first-order valence-electron chi connectivity index (χ1n) is 7.33. The monoisotopic (exact) mass is 329 g/mol. The molecular weight excluding hydrogens is 314 g/mol. The molecule has 0 spiro atoms. The Morgan fingerprint density at radius 2 is 1.91 bits per heavy atom. The van der Waals surface area contributed by atoms with Gasteiger partial charge in [-0.1, -0.05) is 17.7 Å². The van der Waals surface area contributed by atoms with Crippen molar-refractivity contribution in [3.63, 3.8) is 0 Å². The van der Waals surface area contributed by atoms with Crippen molar-refractivity contribution in [1.29, 1.82) is 0 Å². The van der Waals surface area contributed by atoms with Crippen molar-refractivity contribution >= 4 is 29.0 Å². The van der Waals surface area contributed by atoms with Gasteiger partial charge < -0.3 is 4.74 Å². The largest absolute Gasteiger partial charge is 0.479 e. The Labute approximate surface area is 139 Å². The van der Waals surface area contributed by atoms with Crippen LogP contribution in [-0.4, -0.2) is 24.3 Å². The average Bonchev–Trinajstić information content (AvgIpc) is 2.53. The molecule has 2 aromatic carbocycles. The van der Waals surface area contributed by atoms with Crippen LogP contribution in [0, 0.1) is 6.92 Å². The number of rotatable bonds is 3. The highest BCUT2D eigenvalue weighted by Gasteiger charge is 2.32. The molecule has 0 N–H and O–H groups in total. The van der Waals surface area contributed by atoms with Crippen LogP contribution in [0.3, 0.4) is 0 Å². The smallest absolute Gasteiger partial charge is 0.268 e. The van der Waals surface area contributed by atoms with Crippen LogP contribution in [0.5, 0.6) is 5.75 Å². The van der Waals surface area contributed by atoms with Crippen molar-refractivity contribution in [3.8, 4) is 5.75 Å². The Balaban J connectivity index is 1.92. The van der Waals surface area contributed by atoms with Gasteiger partial charge in [0.1, 0.15) is 5.75 Å². The molecule has 1 aliphatic heterocycles. The summed E-state index contributed by atoms with van der Waals surface area (Å²) in [6.07, 6.45) is -0.608. The maximum absolute atomic E-state index is 12.5. The molecule has 1 aliphatic rings. The third-order valence-electron chi connectivity index (χ3n) is 3.79. The van der Waals surface area contributed by atoms with E-state index in [-0.39, 0.29) is 18.2 Å². The molecule has 5 heteroatoms. The molecule has 2 aromatic rings. The maximum atomic E-state index is 12.5. The molecule has 0 unspecified atom stereocenters. The van der Waals surface area contributed by atoms with Crippen molar-refractivity contribution in [1.82, 2.24) is 0 Å². The van der Waals surface area contributed by atoms with E-state index in [0.29, 0.717) is 22.0 Å². The molecule has 0 bridgehead atoms. The second-order valence-corrected chi connectivity index (χ2v) is 6.02. The van der Waals surface area contributed by atoms with E-state index in [0.717, 1.165) is 5.56 Å². The summed E-state index contributed by atoms with van der Waals surface area (Å²) in [6.45, 7) is 3.59. The van der Waals surface area contributed by atoms with Crippen molar-refractivity contribution in [3.05, 3.63) is 58.6 Å². The maximum Gasteiger partial charge on any atom is 0.268 e. The summed E-state index contributed by atoms with van der Waals surface area (Å²) < 4.78 is 5.61. The zero-order chi connectivity index (χ0) is 16.6. The fourth-order valence-corrected chi connectivity index (χ4v) is 2.68. The quantitative estimate of drug-likeness (QED) is 0.808. The van der Waals surface area contributed by atoms with Crippen LogP contribution in [0.1, 0.15) is 22.8 Å². The number of anilines is 1. The molecule has 0 radical (unpaired) electrons. The van der Waals surface area contributed by atoms with Gasteiger partial charge in [-0.15, -0.1) is 0 Å². The van der Waals surface area contributed by atoms with Gasteiger partial charge in [-0.3, -0.25) is 14.5 Å². The Hall–Kier alpha value is -2.33. The van der Waals surface area contributed by atoms with Crippen LogP contribution in [-0.2, 0) is 4.79 Å². The number of amides is 1. The minimum Gasteiger partial charge on any atom is -0.479 e. The van der Waals surface area contributed by atoms with Crippen LogP contribution in [0.25, 0.3) is 0 Å². The summed E-state index contributed by atoms with van der Waals surface area (Å²) in [5, 5.41) is 0.568. The minimum absolute atomic E-state index is 0.0232. The number of carbonyl (C=O) groups is 2. The van der Waals surface area contributed by atoms with Gasteiger partial charge in [0.25, 0.3) is 5.91 Å². The molecule has 0 saturated heterocycles. The molecular formula is C18H16ClNO3. The molecule has 1 atom stereocenters. The van der Waals surface area contributed by atoms with E-state index in [1.165, 1.54) is 4.90 Å². The van der Waals surface area contributed by atoms with Gasteiger partial charge in [-0.25, -0.2) is 0 Å². The summed E-state index contributed by atoms with van der Waals surface area (Å²) >= 11 is 5.84. The first kappa shape index (κ1) is 15.6. The number of hydrogen-bond acceptors (Lipinski definition) is 3. The summed E-state index contributed by atoms with van der Waals surface area (Å²) in [5.41, 5.74) is 2.16. The van der Waals surface area contributed by atoms with Crippen LogP contribution >= 0.6 is 11.6 Å². The van der Waals surface area contributed by atoms with E-state index in [1.54, 1.807) is 31.2 Å². The molecule has 118 valence electrons. The summed E-state index contributed by atoms with van der Waals surface area (Å²) in [6, 6.07) is 12.3. The number of hydrogen-bond donors (Lipinski definition) is 0. The van der Waals surface area contributed by atoms with Crippen LogP contribution in [0.2, 0.25) is 5.02 Å². The van der Waals surface area contributed by atoms with Gasteiger partial charge in [-0.05, 0) is 55.8 Å².